The number of likely N-dealkylation sites (N-methyl/N-ethyl adjacent to an activating group) is 1. The highest BCUT2D eigenvalue weighted by Crippen LogP contribution is 2.27. The van der Waals surface area contributed by atoms with Crippen LogP contribution in [0.2, 0.25) is 0 Å². The van der Waals surface area contributed by atoms with Gasteiger partial charge in [-0.25, -0.2) is 0 Å². The van der Waals surface area contributed by atoms with E-state index in [0.717, 1.165) is 37.0 Å². The standard InChI is InChI=1S/C20H29N3O2S/c1-15(17-9-11-26-14-17)13-22-20(21-2)23(3)10-8-16-6-7-18(24-4)19(12-16)25-5/h6-7,9,11-12,14-15H,8,10,13H2,1-5H3,(H,21,22). The highest BCUT2D eigenvalue weighted by Gasteiger charge is 2.11. The number of methoxy groups -OCH3 is 2. The monoisotopic (exact) mass is 375 g/mol. The van der Waals surface area contributed by atoms with E-state index in [-0.39, 0.29) is 0 Å². The van der Waals surface area contributed by atoms with E-state index >= 15 is 0 Å². The van der Waals surface area contributed by atoms with Crippen molar-refractivity contribution in [2.75, 3.05) is 41.4 Å². The summed E-state index contributed by atoms with van der Waals surface area (Å²) in [6, 6.07) is 8.23. The van der Waals surface area contributed by atoms with Gasteiger partial charge < -0.3 is 19.7 Å². The van der Waals surface area contributed by atoms with Crippen molar-refractivity contribution in [3.63, 3.8) is 0 Å². The normalized spacial score (nSPS) is 12.6. The fourth-order valence-corrected chi connectivity index (χ4v) is 3.52. The molecule has 1 unspecified atom stereocenters. The van der Waals surface area contributed by atoms with E-state index in [1.54, 1.807) is 25.6 Å². The number of rotatable bonds is 8. The van der Waals surface area contributed by atoms with Crippen LogP contribution < -0.4 is 14.8 Å². The minimum Gasteiger partial charge on any atom is -0.493 e. The molecule has 0 amide bonds. The van der Waals surface area contributed by atoms with Crippen LogP contribution in [-0.4, -0.2) is 52.3 Å². The molecule has 2 aromatic rings. The van der Waals surface area contributed by atoms with Gasteiger partial charge in [0.25, 0.3) is 0 Å². The molecule has 0 radical (unpaired) electrons. The summed E-state index contributed by atoms with van der Waals surface area (Å²) in [6.45, 7) is 3.96. The summed E-state index contributed by atoms with van der Waals surface area (Å²) in [7, 11) is 7.20. The van der Waals surface area contributed by atoms with Gasteiger partial charge in [0.05, 0.1) is 14.2 Å². The largest absolute Gasteiger partial charge is 0.493 e. The molecule has 26 heavy (non-hydrogen) atoms. The Bertz CT molecular complexity index is 701. The molecule has 1 aromatic carbocycles. The quantitative estimate of drug-likeness (QED) is 0.565. The molecule has 0 aliphatic heterocycles. The van der Waals surface area contributed by atoms with E-state index in [2.05, 4.69) is 52.1 Å². The van der Waals surface area contributed by atoms with Crippen LogP contribution in [0.4, 0.5) is 0 Å². The van der Waals surface area contributed by atoms with Crippen molar-refractivity contribution in [1.29, 1.82) is 0 Å². The van der Waals surface area contributed by atoms with Crippen LogP contribution in [0.1, 0.15) is 24.0 Å². The minimum atomic E-state index is 0.456. The first kappa shape index (κ1) is 20.1. The van der Waals surface area contributed by atoms with Crippen molar-refractivity contribution >= 4 is 17.3 Å². The lowest BCUT2D eigenvalue weighted by atomic mass is 10.1. The lowest BCUT2D eigenvalue weighted by Crippen LogP contribution is -2.41. The molecular formula is C20H29N3O2S. The average Bonchev–Trinajstić information content (AvgIpc) is 3.21. The molecule has 0 aliphatic rings. The third-order valence-electron chi connectivity index (χ3n) is 4.44. The second kappa shape index (κ2) is 10.1. The van der Waals surface area contributed by atoms with Gasteiger partial charge >= 0.3 is 0 Å². The fourth-order valence-electron chi connectivity index (χ4n) is 2.74. The van der Waals surface area contributed by atoms with Crippen molar-refractivity contribution < 1.29 is 9.47 Å². The fraction of sp³-hybridized carbons (Fsp3) is 0.450. The summed E-state index contributed by atoms with van der Waals surface area (Å²) in [6.07, 6.45) is 0.900. The first-order chi connectivity index (χ1) is 12.6. The lowest BCUT2D eigenvalue weighted by Gasteiger charge is -2.23. The number of nitrogens with zero attached hydrogens (tertiary/aromatic N) is 2. The van der Waals surface area contributed by atoms with Crippen LogP contribution in [0.15, 0.2) is 40.0 Å². The summed E-state index contributed by atoms with van der Waals surface area (Å²) in [5, 5.41) is 7.80. The SMILES string of the molecule is CN=C(NCC(C)c1ccsc1)N(C)CCc1ccc(OC)c(OC)c1. The maximum atomic E-state index is 5.38. The van der Waals surface area contributed by atoms with Gasteiger partial charge in [-0.3, -0.25) is 4.99 Å². The molecule has 6 heteroatoms. The Hall–Kier alpha value is -2.21. The first-order valence-corrected chi connectivity index (χ1v) is 9.68. The zero-order valence-electron chi connectivity index (χ0n) is 16.3. The van der Waals surface area contributed by atoms with Crippen molar-refractivity contribution in [3.05, 3.63) is 46.2 Å². The van der Waals surface area contributed by atoms with Gasteiger partial charge in [0, 0.05) is 27.2 Å². The van der Waals surface area contributed by atoms with Crippen LogP contribution in [0.3, 0.4) is 0 Å². The summed E-state index contributed by atoms with van der Waals surface area (Å²) < 4.78 is 10.7. The Labute approximate surface area is 160 Å². The number of aliphatic imine (C=N–C) groups is 1. The molecule has 2 rings (SSSR count). The van der Waals surface area contributed by atoms with Crippen LogP contribution in [0.5, 0.6) is 11.5 Å². The molecule has 1 atom stereocenters. The van der Waals surface area contributed by atoms with E-state index in [0.29, 0.717) is 5.92 Å². The molecule has 142 valence electrons. The van der Waals surface area contributed by atoms with Gasteiger partial charge in [0.1, 0.15) is 0 Å². The maximum Gasteiger partial charge on any atom is 0.193 e. The molecule has 1 aromatic heterocycles. The van der Waals surface area contributed by atoms with Crippen LogP contribution in [-0.2, 0) is 6.42 Å². The summed E-state index contributed by atoms with van der Waals surface area (Å²) in [5.74, 6) is 2.88. The number of benzene rings is 1. The maximum absolute atomic E-state index is 5.38. The number of thiophene rings is 1. The van der Waals surface area contributed by atoms with Crippen molar-refractivity contribution in [1.82, 2.24) is 10.2 Å². The second-order valence-corrected chi connectivity index (χ2v) is 7.03. The molecular weight excluding hydrogens is 346 g/mol. The molecule has 0 saturated carbocycles. The molecule has 5 nitrogen and oxygen atoms in total. The smallest absolute Gasteiger partial charge is 0.193 e. The number of nitrogens with one attached hydrogen (secondary N) is 1. The Morgan fingerprint density at radius 1 is 1.23 bits per heavy atom. The van der Waals surface area contributed by atoms with Gasteiger partial charge in [-0.15, -0.1) is 0 Å². The summed E-state index contributed by atoms with van der Waals surface area (Å²) >= 11 is 1.74. The highest BCUT2D eigenvalue weighted by molar-refractivity contribution is 7.07. The Kier molecular flexibility index (Phi) is 7.78. The highest BCUT2D eigenvalue weighted by atomic mass is 32.1. The molecule has 1 N–H and O–H groups in total. The molecule has 0 aliphatic carbocycles. The van der Waals surface area contributed by atoms with E-state index in [1.165, 1.54) is 11.1 Å². The van der Waals surface area contributed by atoms with Crippen molar-refractivity contribution in [3.8, 4) is 11.5 Å². The van der Waals surface area contributed by atoms with Crippen LogP contribution in [0.25, 0.3) is 0 Å². The van der Waals surface area contributed by atoms with Gasteiger partial charge in [-0.2, -0.15) is 11.3 Å². The summed E-state index contributed by atoms with van der Waals surface area (Å²) in [5.41, 5.74) is 2.57. The Balaban J connectivity index is 1.88. The third kappa shape index (κ3) is 5.39. The number of hydrogen-bond donors (Lipinski definition) is 1. The average molecular weight is 376 g/mol. The zero-order valence-corrected chi connectivity index (χ0v) is 17.1. The van der Waals surface area contributed by atoms with Gasteiger partial charge in [0.15, 0.2) is 17.5 Å². The molecule has 1 heterocycles. The minimum absolute atomic E-state index is 0.456. The van der Waals surface area contributed by atoms with Crippen LogP contribution in [0, 0.1) is 0 Å². The predicted molar refractivity (Wildman–Crippen MR) is 110 cm³/mol. The molecule has 0 bridgehead atoms. The summed E-state index contributed by atoms with van der Waals surface area (Å²) in [4.78, 5) is 6.55. The molecule has 0 fully saturated rings. The molecule has 0 saturated heterocycles. The third-order valence-corrected chi connectivity index (χ3v) is 5.14. The van der Waals surface area contributed by atoms with E-state index in [1.807, 2.05) is 19.2 Å². The van der Waals surface area contributed by atoms with Crippen molar-refractivity contribution in [2.45, 2.75) is 19.3 Å². The topological polar surface area (TPSA) is 46.1 Å². The van der Waals surface area contributed by atoms with E-state index in [9.17, 15) is 0 Å². The van der Waals surface area contributed by atoms with Gasteiger partial charge in [0.2, 0.25) is 0 Å². The lowest BCUT2D eigenvalue weighted by molar-refractivity contribution is 0.354. The Morgan fingerprint density at radius 3 is 2.62 bits per heavy atom. The number of ether oxygens (including phenoxy) is 2. The number of guanidine groups is 1. The van der Waals surface area contributed by atoms with Crippen LogP contribution >= 0.6 is 11.3 Å². The van der Waals surface area contributed by atoms with E-state index in [4.69, 9.17) is 9.47 Å². The first-order valence-electron chi connectivity index (χ1n) is 8.73. The van der Waals surface area contributed by atoms with Crippen molar-refractivity contribution in [2.24, 2.45) is 4.99 Å². The number of hydrogen-bond acceptors (Lipinski definition) is 4. The van der Waals surface area contributed by atoms with E-state index < -0.39 is 0 Å². The second-order valence-electron chi connectivity index (χ2n) is 6.25. The zero-order chi connectivity index (χ0) is 18.9. The van der Waals surface area contributed by atoms with Gasteiger partial charge in [-0.05, 0) is 52.4 Å². The Morgan fingerprint density at radius 2 is 2.00 bits per heavy atom. The predicted octanol–water partition coefficient (Wildman–Crippen LogP) is 3.62. The molecule has 0 spiro atoms. The van der Waals surface area contributed by atoms with Gasteiger partial charge in [-0.1, -0.05) is 13.0 Å².